The number of hydrazone groups is 1. The second-order valence-corrected chi connectivity index (χ2v) is 6.21. The third-order valence-corrected chi connectivity index (χ3v) is 3.60. The van der Waals surface area contributed by atoms with E-state index in [0.717, 1.165) is 21.2 Å². The molecule has 1 amide bonds. The highest BCUT2D eigenvalue weighted by molar-refractivity contribution is 9.12. The third kappa shape index (κ3) is 6.01. The summed E-state index contributed by atoms with van der Waals surface area (Å²) >= 11 is 3.39. The summed E-state index contributed by atoms with van der Waals surface area (Å²) < 4.78 is 6.25. The minimum atomic E-state index is -0.314. The van der Waals surface area contributed by atoms with Gasteiger partial charge < -0.3 is 4.74 Å². The molecule has 124 valence electrons. The smallest absolute Gasteiger partial charge is 0.277 e. The van der Waals surface area contributed by atoms with Crippen LogP contribution in [0.25, 0.3) is 6.08 Å². The average molecular weight is 387 g/mol. The van der Waals surface area contributed by atoms with Gasteiger partial charge in [0.05, 0.1) is 6.21 Å². The Balaban J connectivity index is 1.81. The Morgan fingerprint density at radius 3 is 2.67 bits per heavy atom. The number of aryl methyl sites for hydroxylation is 2. The summed E-state index contributed by atoms with van der Waals surface area (Å²) in [4.78, 5) is 11.7. The van der Waals surface area contributed by atoms with Crippen molar-refractivity contribution in [3.63, 3.8) is 0 Å². The van der Waals surface area contributed by atoms with Crippen molar-refractivity contribution in [2.24, 2.45) is 5.10 Å². The molecule has 4 nitrogen and oxygen atoms in total. The zero-order valence-electron chi connectivity index (χ0n) is 13.6. The minimum Gasteiger partial charge on any atom is -0.483 e. The van der Waals surface area contributed by atoms with Gasteiger partial charge in [-0.15, -0.1) is 0 Å². The van der Waals surface area contributed by atoms with E-state index in [9.17, 15) is 4.79 Å². The molecule has 0 aliphatic heterocycles. The summed E-state index contributed by atoms with van der Waals surface area (Å²) in [7, 11) is 0. The molecule has 2 aromatic rings. The van der Waals surface area contributed by atoms with Crippen LogP contribution in [0.3, 0.4) is 0 Å². The van der Waals surface area contributed by atoms with Crippen LogP contribution in [0.4, 0.5) is 0 Å². The molecule has 0 bridgehead atoms. The van der Waals surface area contributed by atoms with Crippen LogP contribution in [0.15, 0.2) is 58.1 Å². The highest BCUT2D eigenvalue weighted by atomic mass is 79.9. The number of ether oxygens (including phenoxy) is 1. The number of hydrogen-bond donors (Lipinski definition) is 1. The van der Waals surface area contributed by atoms with E-state index in [-0.39, 0.29) is 12.5 Å². The fraction of sp³-hybridized carbons (Fsp3) is 0.158. The molecule has 0 unspecified atom stereocenters. The summed E-state index contributed by atoms with van der Waals surface area (Å²) in [5.41, 5.74) is 5.63. The molecule has 5 heteroatoms. The third-order valence-electron chi connectivity index (χ3n) is 3.17. The van der Waals surface area contributed by atoms with Crippen LogP contribution >= 0.6 is 15.9 Å². The molecule has 0 aliphatic rings. The number of carbonyl (C=O) groups is 1. The van der Waals surface area contributed by atoms with E-state index in [1.807, 2.05) is 68.5 Å². The number of benzene rings is 2. The Bertz CT molecular complexity index is 755. The number of carbonyl (C=O) groups excluding carboxylic acids is 1. The summed E-state index contributed by atoms with van der Waals surface area (Å²) in [6.45, 7) is 3.88. The van der Waals surface area contributed by atoms with E-state index < -0.39 is 0 Å². The second kappa shape index (κ2) is 9.03. The number of halogens is 1. The molecule has 0 fully saturated rings. The SMILES string of the molecule is Cc1ccc(OCC(=O)NN=C/C(Br)=C/c2ccccc2)c(C)c1. The number of amides is 1. The Morgan fingerprint density at radius 1 is 1.21 bits per heavy atom. The van der Waals surface area contributed by atoms with Crippen molar-refractivity contribution in [2.75, 3.05) is 6.61 Å². The van der Waals surface area contributed by atoms with Gasteiger partial charge in [0.2, 0.25) is 0 Å². The van der Waals surface area contributed by atoms with Crippen LogP contribution in [0, 0.1) is 13.8 Å². The minimum absolute atomic E-state index is 0.0821. The van der Waals surface area contributed by atoms with Crippen molar-refractivity contribution < 1.29 is 9.53 Å². The zero-order chi connectivity index (χ0) is 17.4. The Labute approximate surface area is 150 Å². The molecule has 0 saturated carbocycles. The standard InChI is InChI=1S/C19H19BrN2O2/c1-14-8-9-18(15(2)10-14)24-13-19(23)22-21-12-17(20)11-16-6-4-3-5-7-16/h3-12H,13H2,1-2H3,(H,22,23)/b17-11-,21-12?. The lowest BCUT2D eigenvalue weighted by Crippen LogP contribution is -2.24. The lowest BCUT2D eigenvalue weighted by atomic mass is 10.1. The van der Waals surface area contributed by atoms with Gasteiger partial charge in [-0.3, -0.25) is 4.79 Å². The van der Waals surface area contributed by atoms with Crippen LogP contribution in [-0.2, 0) is 4.79 Å². The molecule has 24 heavy (non-hydrogen) atoms. The maximum atomic E-state index is 11.7. The maximum absolute atomic E-state index is 11.7. The lowest BCUT2D eigenvalue weighted by molar-refractivity contribution is -0.123. The molecule has 1 N–H and O–H groups in total. The van der Waals surface area contributed by atoms with Crippen molar-refractivity contribution in [1.82, 2.24) is 5.43 Å². The predicted octanol–water partition coefficient (Wildman–Crippen LogP) is 4.22. The van der Waals surface area contributed by atoms with Gasteiger partial charge in [-0.05, 0) is 53.0 Å². The van der Waals surface area contributed by atoms with Crippen molar-refractivity contribution in [3.05, 3.63) is 69.7 Å². The number of allylic oxidation sites excluding steroid dienone is 1. The van der Waals surface area contributed by atoms with Gasteiger partial charge in [-0.1, -0.05) is 48.0 Å². The fourth-order valence-corrected chi connectivity index (χ4v) is 2.42. The van der Waals surface area contributed by atoms with Gasteiger partial charge in [-0.25, -0.2) is 5.43 Å². The average Bonchev–Trinajstić information content (AvgIpc) is 2.55. The van der Waals surface area contributed by atoms with Gasteiger partial charge >= 0.3 is 0 Å². The number of nitrogens with zero attached hydrogens (tertiary/aromatic N) is 1. The van der Waals surface area contributed by atoms with E-state index in [1.54, 1.807) is 0 Å². The highest BCUT2D eigenvalue weighted by Crippen LogP contribution is 2.18. The van der Waals surface area contributed by atoms with Crippen LogP contribution in [0.5, 0.6) is 5.75 Å². The molecule has 0 aliphatic carbocycles. The fourth-order valence-electron chi connectivity index (χ4n) is 2.05. The van der Waals surface area contributed by atoms with Crippen molar-refractivity contribution in [3.8, 4) is 5.75 Å². The summed E-state index contributed by atoms with van der Waals surface area (Å²) in [6, 6.07) is 15.6. The van der Waals surface area contributed by atoms with Crippen LogP contribution in [0.1, 0.15) is 16.7 Å². The van der Waals surface area contributed by atoms with Crippen molar-refractivity contribution >= 4 is 34.1 Å². The van der Waals surface area contributed by atoms with Crippen LogP contribution < -0.4 is 10.2 Å². The van der Waals surface area contributed by atoms with E-state index >= 15 is 0 Å². The van der Waals surface area contributed by atoms with Gasteiger partial charge in [0.25, 0.3) is 5.91 Å². The molecule has 2 aromatic carbocycles. The topological polar surface area (TPSA) is 50.7 Å². The molecule has 2 rings (SSSR count). The van der Waals surface area contributed by atoms with Gasteiger partial charge in [0.1, 0.15) is 5.75 Å². The largest absolute Gasteiger partial charge is 0.483 e. The first-order chi connectivity index (χ1) is 11.5. The number of rotatable bonds is 6. The van der Waals surface area contributed by atoms with Gasteiger partial charge in [0.15, 0.2) is 6.61 Å². The van der Waals surface area contributed by atoms with Crippen molar-refractivity contribution in [1.29, 1.82) is 0 Å². The van der Waals surface area contributed by atoms with E-state index in [2.05, 4.69) is 26.5 Å². The molecule has 0 atom stereocenters. The normalized spacial score (nSPS) is 11.5. The monoisotopic (exact) mass is 386 g/mol. The zero-order valence-corrected chi connectivity index (χ0v) is 15.2. The van der Waals surface area contributed by atoms with Crippen LogP contribution in [-0.4, -0.2) is 18.7 Å². The lowest BCUT2D eigenvalue weighted by Gasteiger charge is -2.08. The first kappa shape index (κ1) is 17.9. The Morgan fingerprint density at radius 2 is 1.96 bits per heavy atom. The first-order valence-electron chi connectivity index (χ1n) is 7.49. The first-order valence-corrected chi connectivity index (χ1v) is 8.28. The van der Waals surface area contributed by atoms with Gasteiger partial charge in [0, 0.05) is 4.48 Å². The Hall–Kier alpha value is -2.40. The van der Waals surface area contributed by atoms with Crippen LogP contribution in [0.2, 0.25) is 0 Å². The quantitative estimate of drug-likeness (QED) is 0.596. The molecule has 0 spiro atoms. The Kier molecular flexibility index (Phi) is 6.75. The molecular formula is C19H19BrN2O2. The summed E-state index contributed by atoms with van der Waals surface area (Å²) in [6.07, 6.45) is 3.43. The van der Waals surface area contributed by atoms with E-state index in [1.165, 1.54) is 6.21 Å². The van der Waals surface area contributed by atoms with Gasteiger partial charge in [-0.2, -0.15) is 5.10 Å². The molecule has 0 radical (unpaired) electrons. The summed E-state index contributed by atoms with van der Waals surface area (Å²) in [5.74, 6) is 0.385. The predicted molar refractivity (Wildman–Crippen MR) is 101 cm³/mol. The molecular weight excluding hydrogens is 368 g/mol. The van der Waals surface area contributed by atoms with E-state index in [0.29, 0.717) is 5.75 Å². The second-order valence-electron chi connectivity index (χ2n) is 5.29. The number of nitrogens with one attached hydrogen (secondary N) is 1. The molecule has 0 aromatic heterocycles. The van der Waals surface area contributed by atoms with E-state index in [4.69, 9.17) is 4.74 Å². The highest BCUT2D eigenvalue weighted by Gasteiger charge is 2.04. The maximum Gasteiger partial charge on any atom is 0.277 e. The van der Waals surface area contributed by atoms with Crippen molar-refractivity contribution in [2.45, 2.75) is 13.8 Å². The summed E-state index contributed by atoms with van der Waals surface area (Å²) in [5, 5.41) is 3.90. The number of hydrogen-bond acceptors (Lipinski definition) is 3. The molecule has 0 saturated heterocycles. The molecule has 0 heterocycles.